The number of hydrogen-bond donors (Lipinski definition) is 2. The predicted octanol–water partition coefficient (Wildman–Crippen LogP) is 3.95. The molecule has 19 heavy (non-hydrogen) atoms. The molecular weight excluding hydrogens is 234 g/mol. The van der Waals surface area contributed by atoms with Crippen molar-refractivity contribution in [2.45, 2.75) is 71.8 Å². The van der Waals surface area contributed by atoms with E-state index in [1.54, 1.807) is 0 Å². The van der Waals surface area contributed by atoms with E-state index in [0.29, 0.717) is 0 Å². The van der Waals surface area contributed by atoms with Crippen LogP contribution in [-0.4, -0.2) is 4.98 Å². The Morgan fingerprint density at radius 2 is 1.63 bits per heavy atom. The first-order valence-corrected chi connectivity index (χ1v) is 7.58. The number of aryl methyl sites for hydroxylation is 2. The third-order valence-corrected chi connectivity index (χ3v) is 3.55. The Morgan fingerprint density at radius 3 is 2.21 bits per heavy atom. The number of nitrogens with zero attached hydrogens (tertiary/aromatic N) is 1. The van der Waals surface area contributed by atoms with Gasteiger partial charge in [-0.05, 0) is 38.0 Å². The lowest BCUT2D eigenvalue weighted by molar-refractivity contribution is 0.476. The number of pyridine rings is 1. The second kappa shape index (κ2) is 9.05. The highest BCUT2D eigenvalue weighted by molar-refractivity contribution is 5.23. The molecule has 0 fully saturated rings. The van der Waals surface area contributed by atoms with E-state index in [-0.39, 0.29) is 6.04 Å². The first-order chi connectivity index (χ1) is 9.17. The van der Waals surface area contributed by atoms with Crippen LogP contribution in [0.5, 0.6) is 0 Å². The standard InChI is InChI=1S/C16H29N3/c1-4-5-6-7-8-9-10-16(19-17)15-11-13(2)18-14(3)12-15/h11-12,16,19H,4-10,17H2,1-3H3. The van der Waals surface area contributed by atoms with Crippen LogP contribution in [0.2, 0.25) is 0 Å². The van der Waals surface area contributed by atoms with Gasteiger partial charge in [0.2, 0.25) is 0 Å². The monoisotopic (exact) mass is 263 g/mol. The number of hydrazine groups is 1. The van der Waals surface area contributed by atoms with E-state index in [4.69, 9.17) is 5.84 Å². The van der Waals surface area contributed by atoms with E-state index in [0.717, 1.165) is 17.8 Å². The summed E-state index contributed by atoms with van der Waals surface area (Å²) in [6, 6.07) is 4.52. The van der Waals surface area contributed by atoms with E-state index in [9.17, 15) is 0 Å². The van der Waals surface area contributed by atoms with E-state index in [1.165, 1.54) is 44.1 Å². The van der Waals surface area contributed by atoms with Gasteiger partial charge in [-0.25, -0.2) is 0 Å². The number of nitrogens with one attached hydrogen (secondary N) is 1. The molecule has 1 rings (SSSR count). The fourth-order valence-corrected chi connectivity index (χ4v) is 2.54. The molecule has 0 spiro atoms. The molecule has 0 aliphatic heterocycles. The van der Waals surface area contributed by atoms with Crippen LogP contribution in [-0.2, 0) is 0 Å². The zero-order chi connectivity index (χ0) is 14.1. The maximum atomic E-state index is 5.70. The fourth-order valence-electron chi connectivity index (χ4n) is 2.54. The van der Waals surface area contributed by atoms with Crippen LogP contribution in [0.1, 0.15) is 74.9 Å². The van der Waals surface area contributed by atoms with Crippen molar-refractivity contribution in [3.63, 3.8) is 0 Å². The second-order valence-corrected chi connectivity index (χ2v) is 5.46. The third-order valence-electron chi connectivity index (χ3n) is 3.55. The lowest BCUT2D eigenvalue weighted by atomic mass is 9.99. The van der Waals surface area contributed by atoms with Crippen LogP contribution < -0.4 is 11.3 Å². The van der Waals surface area contributed by atoms with Crippen LogP contribution in [0.25, 0.3) is 0 Å². The van der Waals surface area contributed by atoms with Crippen LogP contribution in [0, 0.1) is 13.8 Å². The Kier molecular flexibility index (Phi) is 7.68. The highest BCUT2D eigenvalue weighted by atomic mass is 15.2. The maximum Gasteiger partial charge on any atom is 0.0461 e. The van der Waals surface area contributed by atoms with Gasteiger partial charge in [-0.15, -0.1) is 0 Å². The quantitative estimate of drug-likeness (QED) is 0.403. The van der Waals surface area contributed by atoms with Crippen molar-refractivity contribution in [2.24, 2.45) is 5.84 Å². The topological polar surface area (TPSA) is 50.9 Å². The minimum atomic E-state index is 0.256. The zero-order valence-electron chi connectivity index (χ0n) is 12.7. The normalized spacial score (nSPS) is 12.6. The molecular formula is C16H29N3. The molecule has 1 atom stereocenters. The van der Waals surface area contributed by atoms with E-state index in [1.807, 2.05) is 13.8 Å². The van der Waals surface area contributed by atoms with E-state index < -0.39 is 0 Å². The zero-order valence-corrected chi connectivity index (χ0v) is 12.7. The van der Waals surface area contributed by atoms with Crippen LogP contribution >= 0.6 is 0 Å². The summed E-state index contributed by atoms with van der Waals surface area (Å²) in [5.74, 6) is 5.70. The molecule has 1 aromatic rings. The molecule has 0 amide bonds. The first kappa shape index (κ1) is 16.1. The van der Waals surface area contributed by atoms with Gasteiger partial charge in [0.1, 0.15) is 0 Å². The van der Waals surface area contributed by atoms with Gasteiger partial charge < -0.3 is 0 Å². The number of nitrogens with two attached hydrogens (primary N) is 1. The van der Waals surface area contributed by atoms with Crippen molar-refractivity contribution in [1.82, 2.24) is 10.4 Å². The summed E-state index contributed by atoms with van der Waals surface area (Å²) in [5.41, 5.74) is 6.35. The molecule has 3 heteroatoms. The van der Waals surface area contributed by atoms with Crippen molar-refractivity contribution in [3.8, 4) is 0 Å². The van der Waals surface area contributed by atoms with Crippen LogP contribution in [0.15, 0.2) is 12.1 Å². The van der Waals surface area contributed by atoms with Crippen LogP contribution in [0.3, 0.4) is 0 Å². The Bertz CT molecular complexity index is 343. The number of aromatic nitrogens is 1. The highest BCUT2D eigenvalue weighted by Crippen LogP contribution is 2.21. The summed E-state index contributed by atoms with van der Waals surface area (Å²) in [6.07, 6.45) is 9.03. The SMILES string of the molecule is CCCCCCCCC(NN)c1cc(C)nc(C)c1. The van der Waals surface area contributed by atoms with Crippen molar-refractivity contribution < 1.29 is 0 Å². The Labute approximate surface area is 118 Å². The van der Waals surface area contributed by atoms with Gasteiger partial charge in [0.05, 0.1) is 0 Å². The van der Waals surface area contributed by atoms with Crippen LogP contribution in [0.4, 0.5) is 0 Å². The summed E-state index contributed by atoms with van der Waals surface area (Å²) >= 11 is 0. The van der Waals surface area contributed by atoms with Crippen molar-refractivity contribution in [3.05, 3.63) is 29.1 Å². The second-order valence-electron chi connectivity index (χ2n) is 5.46. The summed E-state index contributed by atoms with van der Waals surface area (Å²) < 4.78 is 0. The van der Waals surface area contributed by atoms with Crippen molar-refractivity contribution in [1.29, 1.82) is 0 Å². The molecule has 0 aliphatic carbocycles. The highest BCUT2D eigenvalue weighted by Gasteiger charge is 2.10. The molecule has 0 aliphatic rings. The Hall–Kier alpha value is -0.930. The lowest BCUT2D eigenvalue weighted by Crippen LogP contribution is -2.28. The number of hydrogen-bond acceptors (Lipinski definition) is 3. The number of unbranched alkanes of at least 4 members (excludes halogenated alkanes) is 5. The van der Waals surface area contributed by atoms with Crippen molar-refractivity contribution in [2.75, 3.05) is 0 Å². The van der Waals surface area contributed by atoms with Gasteiger partial charge in [-0.3, -0.25) is 16.3 Å². The fraction of sp³-hybridized carbons (Fsp3) is 0.688. The van der Waals surface area contributed by atoms with Gasteiger partial charge in [0.15, 0.2) is 0 Å². The Balaban J connectivity index is 2.40. The summed E-state index contributed by atoms with van der Waals surface area (Å²) in [4.78, 5) is 4.41. The van der Waals surface area contributed by atoms with Gasteiger partial charge in [-0.1, -0.05) is 45.4 Å². The minimum absolute atomic E-state index is 0.256. The smallest absolute Gasteiger partial charge is 0.0461 e. The molecule has 108 valence electrons. The van der Waals surface area contributed by atoms with Gasteiger partial charge in [-0.2, -0.15) is 0 Å². The summed E-state index contributed by atoms with van der Waals surface area (Å²) in [5, 5.41) is 0. The van der Waals surface area contributed by atoms with Crippen molar-refractivity contribution >= 4 is 0 Å². The van der Waals surface area contributed by atoms with Gasteiger partial charge in [0, 0.05) is 17.4 Å². The largest absolute Gasteiger partial charge is 0.271 e. The maximum absolute atomic E-state index is 5.70. The molecule has 0 saturated carbocycles. The molecule has 0 saturated heterocycles. The minimum Gasteiger partial charge on any atom is -0.271 e. The molecule has 1 aromatic heterocycles. The summed E-state index contributed by atoms with van der Waals surface area (Å²) in [6.45, 7) is 6.33. The third kappa shape index (κ3) is 6.17. The molecule has 0 bridgehead atoms. The molecule has 0 radical (unpaired) electrons. The molecule has 3 N–H and O–H groups in total. The lowest BCUT2D eigenvalue weighted by Gasteiger charge is -2.17. The van der Waals surface area contributed by atoms with E-state index >= 15 is 0 Å². The average molecular weight is 263 g/mol. The first-order valence-electron chi connectivity index (χ1n) is 7.58. The molecule has 0 aromatic carbocycles. The van der Waals surface area contributed by atoms with Gasteiger partial charge >= 0.3 is 0 Å². The average Bonchev–Trinajstić information content (AvgIpc) is 2.37. The predicted molar refractivity (Wildman–Crippen MR) is 81.8 cm³/mol. The molecule has 1 unspecified atom stereocenters. The summed E-state index contributed by atoms with van der Waals surface area (Å²) in [7, 11) is 0. The molecule has 1 heterocycles. The Morgan fingerprint density at radius 1 is 1.05 bits per heavy atom. The van der Waals surface area contributed by atoms with Gasteiger partial charge in [0.25, 0.3) is 0 Å². The molecule has 3 nitrogen and oxygen atoms in total. The number of rotatable bonds is 9. The van der Waals surface area contributed by atoms with E-state index in [2.05, 4.69) is 29.5 Å².